The van der Waals surface area contributed by atoms with Crippen LogP contribution in [0.1, 0.15) is 30.1 Å². The van der Waals surface area contributed by atoms with Gasteiger partial charge >= 0.3 is 0 Å². The largest absolute Gasteiger partial charge is 0.342 e. The van der Waals surface area contributed by atoms with Gasteiger partial charge in [0.15, 0.2) is 5.82 Å². The second kappa shape index (κ2) is 8.61. The number of hydrogen-bond acceptors (Lipinski definition) is 5. The Kier molecular flexibility index (Phi) is 5.50. The summed E-state index contributed by atoms with van der Waals surface area (Å²) in [6.45, 7) is 3.50. The molecule has 4 aromatic rings. The van der Waals surface area contributed by atoms with Crippen molar-refractivity contribution in [2.75, 3.05) is 18.0 Å². The van der Waals surface area contributed by atoms with Crippen molar-refractivity contribution in [2.45, 2.75) is 25.7 Å². The number of hydrogen-bond donors (Lipinski definition) is 0. The summed E-state index contributed by atoms with van der Waals surface area (Å²) in [5.74, 6) is 0.410. The van der Waals surface area contributed by atoms with Gasteiger partial charge in [-0.05, 0) is 44.0 Å². The third kappa shape index (κ3) is 4.04. The summed E-state index contributed by atoms with van der Waals surface area (Å²) in [5, 5.41) is 4.72. The number of aromatic nitrogens is 5. The molecule has 4 heterocycles. The molecule has 1 aliphatic heterocycles. The van der Waals surface area contributed by atoms with Gasteiger partial charge in [0.2, 0.25) is 5.95 Å². The van der Waals surface area contributed by atoms with Crippen LogP contribution in [-0.2, 0) is 7.05 Å². The van der Waals surface area contributed by atoms with Crippen LogP contribution in [0.25, 0.3) is 16.9 Å². The SMILES string of the molecule is Cc1cc(C2CCN(c3nc(-c4ccncc4F)cc(=O)n3C)CC2)n(-c2ccccc2)n1. The average Bonchev–Trinajstić information content (AvgIpc) is 3.23. The molecule has 1 aromatic carbocycles. The van der Waals surface area contributed by atoms with Gasteiger partial charge in [-0.25, -0.2) is 14.1 Å². The predicted molar refractivity (Wildman–Crippen MR) is 125 cm³/mol. The van der Waals surface area contributed by atoms with Crippen molar-refractivity contribution in [3.05, 3.63) is 88.5 Å². The van der Waals surface area contributed by atoms with Crippen molar-refractivity contribution in [2.24, 2.45) is 7.05 Å². The maximum absolute atomic E-state index is 14.3. The van der Waals surface area contributed by atoms with Crippen LogP contribution in [0.15, 0.2) is 65.7 Å². The molecule has 8 heteroatoms. The number of halogens is 1. The molecular weight excluding hydrogens is 419 g/mol. The molecule has 0 atom stereocenters. The summed E-state index contributed by atoms with van der Waals surface area (Å²) >= 11 is 0. The van der Waals surface area contributed by atoms with Gasteiger partial charge in [-0.3, -0.25) is 14.3 Å². The van der Waals surface area contributed by atoms with Crippen LogP contribution in [0.4, 0.5) is 10.3 Å². The zero-order valence-electron chi connectivity index (χ0n) is 18.6. The van der Waals surface area contributed by atoms with E-state index in [1.165, 1.54) is 22.5 Å². The van der Waals surface area contributed by atoms with Crippen LogP contribution in [-0.4, -0.2) is 37.4 Å². The van der Waals surface area contributed by atoms with Crippen LogP contribution in [0.5, 0.6) is 0 Å². The van der Waals surface area contributed by atoms with Gasteiger partial charge in [-0.1, -0.05) is 18.2 Å². The molecule has 0 radical (unpaired) electrons. The maximum atomic E-state index is 14.3. The molecule has 1 fully saturated rings. The van der Waals surface area contributed by atoms with E-state index in [9.17, 15) is 9.18 Å². The van der Waals surface area contributed by atoms with E-state index in [2.05, 4.69) is 33.1 Å². The highest BCUT2D eigenvalue weighted by Gasteiger charge is 2.26. The number of aryl methyl sites for hydroxylation is 1. The van der Waals surface area contributed by atoms with E-state index >= 15 is 0 Å². The maximum Gasteiger partial charge on any atom is 0.255 e. The molecule has 0 unspecified atom stereocenters. The van der Waals surface area contributed by atoms with Gasteiger partial charge in [-0.2, -0.15) is 5.10 Å². The van der Waals surface area contributed by atoms with E-state index in [0.29, 0.717) is 17.6 Å². The van der Waals surface area contributed by atoms with Gasteiger partial charge in [0.25, 0.3) is 5.56 Å². The molecule has 1 saturated heterocycles. The molecule has 33 heavy (non-hydrogen) atoms. The quantitative estimate of drug-likeness (QED) is 0.478. The first-order chi connectivity index (χ1) is 16.0. The Hall–Kier alpha value is -3.81. The van der Waals surface area contributed by atoms with Crippen molar-refractivity contribution in [3.8, 4) is 16.9 Å². The molecule has 0 amide bonds. The normalized spacial score (nSPS) is 14.6. The van der Waals surface area contributed by atoms with Crippen molar-refractivity contribution >= 4 is 5.95 Å². The number of pyridine rings is 1. The average molecular weight is 445 g/mol. The molecule has 1 aliphatic rings. The van der Waals surface area contributed by atoms with E-state index in [1.54, 1.807) is 13.1 Å². The molecule has 0 bridgehead atoms. The van der Waals surface area contributed by atoms with E-state index in [-0.39, 0.29) is 11.1 Å². The van der Waals surface area contributed by atoms with E-state index in [1.807, 2.05) is 29.8 Å². The number of benzene rings is 1. The van der Waals surface area contributed by atoms with Crippen LogP contribution in [0, 0.1) is 12.7 Å². The van der Waals surface area contributed by atoms with Gasteiger partial charge in [0.05, 0.1) is 23.3 Å². The Balaban J connectivity index is 1.41. The lowest BCUT2D eigenvalue weighted by Gasteiger charge is -2.33. The molecule has 0 aliphatic carbocycles. The third-order valence-corrected chi connectivity index (χ3v) is 6.22. The highest BCUT2D eigenvalue weighted by atomic mass is 19.1. The zero-order chi connectivity index (χ0) is 22.9. The van der Waals surface area contributed by atoms with Crippen LogP contribution in [0.2, 0.25) is 0 Å². The molecule has 3 aromatic heterocycles. The first kappa shape index (κ1) is 21.1. The molecule has 0 N–H and O–H groups in total. The summed E-state index contributed by atoms with van der Waals surface area (Å²) in [5.41, 5.74) is 3.64. The fraction of sp³-hybridized carbons (Fsp3) is 0.280. The van der Waals surface area contributed by atoms with Crippen LogP contribution >= 0.6 is 0 Å². The van der Waals surface area contributed by atoms with E-state index < -0.39 is 5.82 Å². The summed E-state index contributed by atoms with van der Waals surface area (Å²) in [7, 11) is 1.71. The van der Waals surface area contributed by atoms with Crippen molar-refractivity contribution < 1.29 is 4.39 Å². The Labute approximate surface area is 191 Å². The first-order valence-electron chi connectivity index (χ1n) is 11.1. The number of piperidine rings is 1. The monoisotopic (exact) mass is 444 g/mol. The minimum atomic E-state index is -0.493. The minimum absolute atomic E-state index is 0.217. The number of nitrogens with zero attached hydrogens (tertiary/aromatic N) is 6. The Morgan fingerprint density at radius 3 is 2.55 bits per heavy atom. The fourth-order valence-corrected chi connectivity index (χ4v) is 4.49. The number of anilines is 1. The van der Waals surface area contributed by atoms with E-state index in [4.69, 9.17) is 5.10 Å². The first-order valence-corrected chi connectivity index (χ1v) is 11.1. The highest BCUT2D eigenvalue weighted by Crippen LogP contribution is 2.32. The van der Waals surface area contributed by atoms with Crippen molar-refractivity contribution in [1.29, 1.82) is 0 Å². The molecule has 0 spiro atoms. The van der Waals surface area contributed by atoms with Crippen molar-refractivity contribution in [1.82, 2.24) is 24.3 Å². The van der Waals surface area contributed by atoms with Gasteiger partial charge < -0.3 is 4.90 Å². The van der Waals surface area contributed by atoms with Crippen LogP contribution in [0.3, 0.4) is 0 Å². The zero-order valence-corrected chi connectivity index (χ0v) is 18.6. The molecule has 7 nitrogen and oxygen atoms in total. The minimum Gasteiger partial charge on any atom is -0.342 e. The molecule has 168 valence electrons. The van der Waals surface area contributed by atoms with Gasteiger partial charge in [-0.15, -0.1) is 0 Å². The third-order valence-electron chi connectivity index (χ3n) is 6.22. The number of para-hydroxylation sites is 1. The van der Waals surface area contributed by atoms with Crippen molar-refractivity contribution in [3.63, 3.8) is 0 Å². The second-order valence-corrected chi connectivity index (χ2v) is 8.41. The predicted octanol–water partition coefficient (Wildman–Crippen LogP) is 3.86. The lowest BCUT2D eigenvalue weighted by Crippen LogP contribution is -2.38. The molecular formula is C25H25FN6O. The summed E-state index contributed by atoms with van der Waals surface area (Å²) in [6.07, 6.45) is 4.45. The summed E-state index contributed by atoms with van der Waals surface area (Å²) < 4.78 is 17.8. The Bertz CT molecular complexity index is 1340. The topological polar surface area (TPSA) is 68.8 Å². The lowest BCUT2D eigenvalue weighted by molar-refractivity contribution is 0.476. The van der Waals surface area contributed by atoms with Crippen LogP contribution < -0.4 is 10.5 Å². The molecule has 0 saturated carbocycles. The van der Waals surface area contributed by atoms with Gasteiger partial charge in [0.1, 0.15) is 0 Å². The second-order valence-electron chi connectivity index (χ2n) is 8.41. The summed E-state index contributed by atoms with van der Waals surface area (Å²) in [4.78, 5) is 23.2. The van der Waals surface area contributed by atoms with Gasteiger partial charge in [0, 0.05) is 49.6 Å². The smallest absolute Gasteiger partial charge is 0.255 e. The fourth-order valence-electron chi connectivity index (χ4n) is 4.49. The Morgan fingerprint density at radius 1 is 1.06 bits per heavy atom. The lowest BCUT2D eigenvalue weighted by atomic mass is 9.93. The van der Waals surface area contributed by atoms with E-state index in [0.717, 1.165) is 43.5 Å². The molecule has 5 rings (SSSR count). The highest BCUT2D eigenvalue weighted by molar-refractivity contribution is 5.60. The summed E-state index contributed by atoms with van der Waals surface area (Å²) in [6, 6.07) is 15.2. The Morgan fingerprint density at radius 2 is 1.82 bits per heavy atom. The number of rotatable bonds is 4. The standard InChI is InChI=1S/C25H25FN6O/c1-17-14-23(32(29-17)19-6-4-3-5-7-19)18-9-12-31(13-10-18)25-28-22(15-24(33)30(25)2)20-8-11-27-16-21(20)26/h3-8,11,14-16,18H,9-10,12-13H2,1-2H3.